The summed E-state index contributed by atoms with van der Waals surface area (Å²) in [7, 11) is 0. The molecule has 0 amide bonds. The molecule has 0 aliphatic heterocycles. The van der Waals surface area contributed by atoms with E-state index in [1.54, 1.807) is 6.20 Å². The van der Waals surface area contributed by atoms with E-state index in [1.807, 2.05) is 12.3 Å². The van der Waals surface area contributed by atoms with Gasteiger partial charge < -0.3 is 5.32 Å². The lowest BCUT2D eigenvalue weighted by molar-refractivity contribution is 0.626. The highest BCUT2D eigenvalue weighted by atomic mass is 79.9. The van der Waals surface area contributed by atoms with Crippen molar-refractivity contribution in [3.63, 3.8) is 0 Å². The van der Waals surface area contributed by atoms with Gasteiger partial charge in [-0.2, -0.15) is 0 Å². The summed E-state index contributed by atoms with van der Waals surface area (Å²) in [5, 5.41) is 3.49. The number of halogens is 2. The SMILES string of the molecule is CCNC(c1cccnc1)c1ccc(Br)cc1Br. The largest absolute Gasteiger partial charge is 0.306 e. The number of rotatable bonds is 4. The molecule has 0 radical (unpaired) electrons. The van der Waals surface area contributed by atoms with Crippen LogP contribution in [0.15, 0.2) is 51.7 Å². The highest BCUT2D eigenvalue weighted by Crippen LogP contribution is 2.30. The molecule has 1 unspecified atom stereocenters. The van der Waals surface area contributed by atoms with Crippen LogP contribution in [0.5, 0.6) is 0 Å². The molecular weight excluding hydrogens is 356 g/mol. The Balaban J connectivity index is 2.41. The van der Waals surface area contributed by atoms with Crippen molar-refractivity contribution in [1.82, 2.24) is 10.3 Å². The van der Waals surface area contributed by atoms with Crippen LogP contribution in [-0.2, 0) is 0 Å². The third-order valence-electron chi connectivity index (χ3n) is 2.70. The molecule has 0 bridgehead atoms. The monoisotopic (exact) mass is 368 g/mol. The summed E-state index contributed by atoms with van der Waals surface area (Å²) < 4.78 is 2.16. The maximum Gasteiger partial charge on any atom is 0.0603 e. The fourth-order valence-electron chi connectivity index (χ4n) is 1.89. The Hall–Kier alpha value is -0.710. The minimum Gasteiger partial charge on any atom is -0.306 e. The Morgan fingerprint density at radius 3 is 2.72 bits per heavy atom. The van der Waals surface area contributed by atoms with Crippen molar-refractivity contribution in [2.75, 3.05) is 6.54 Å². The van der Waals surface area contributed by atoms with Crippen molar-refractivity contribution in [1.29, 1.82) is 0 Å². The Morgan fingerprint density at radius 1 is 1.28 bits per heavy atom. The van der Waals surface area contributed by atoms with Crippen molar-refractivity contribution >= 4 is 31.9 Å². The number of aromatic nitrogens is 1. The summed E-state index contributed by atoms with van der Waals surface area (Å²) in [6.07, 6.45) is 3.70. The molecule has 0 aliphatic rings. The van der Waals surface area contributed by atoms with Crippen LogP contribution >= 0.6 is 31.9 Å². The molecule has 0 saturated carbocycles. The van der Waals surface area contributed by atoms with Gasteiger partial charge in [0, 0.05) is 21.3 Å². The molecule has 0 spiro atoms. The normalized spacial score (nSPS) is 12.4. The second-order valence-corrected chi connectivity index (χ2v) is 5.71. The predicted octanol–water partition coefficient (Wildman–Crippen LogP) is 4.31. The Labute approximate surface area is 124 Å². The van der Waals surface area contributed by atoms with E-state index in [0.29, 0.717) is 0 Å². The summed E-state index contributed by atoms with van der Waals surface area (Å²) >= 11 is 7.10. The van der Waals surface area contributed by atoms with Crippen LogP contribution in [0, 0.1) is 0 Å². The lowest BCUT2D eigenvalue weighted by atomic mass is 10.0. The van der Waals surface area contributed by atoms with E-state index in [2.05, 4.69) is 73.3 Å². The first-order valence-corrected chi connectivity index (χ1v) is 7.39. The summed E-state index contributed by atoms with van der Waals surface area (Å²) in [5.41, 5.74) is 2.38. The number of nitrogens with zero attached hydrogens (tertiary/aromatic N) is 1. The Kier molecular flexibility index (Phi) is 4.92. The van der Waals surface area contributed by atoms with Gasteiger partial charge in [0.2, 0.25) is 0 Å². The van der Waals surface area contributed by atoms with Crippen LogP contribution < -0.4 is 5.32 Å². The molecule has 94 valence electrons. The van der Waals surface area contributed by atoms with E-state index < -0.39 is 0 Å². The van der Waals surface area contributed by atoms with Gasteiger partial charge in [-0.25, -0.2) is 0 Å². The molecule has 2 rings (SSSR count). The van der Waals surface area contributed by atoms with Crippen LogP contribution in [0.4, 0.5) is 0 Å². The smallest absolute Gasteiger partial charge is 0.0603 e. The van der Waals surface area contributed by atoms with E-state index in [0.717, 1.165) is 15.5 Å². The number of pyridine rings is 1. The van der Waals surface area contributed by atoms with Crippen LogP contribution in [-0.4, -0.2) is 11.5 Å². The molecule has 0 fully saturated rings. The third-order valence-corrected chi connectivity index (χ3v) is 3.88. The molecular formula is C14H14Br2N2. The van der Waals surface area contributed by atoms with E-state index in [9.17, 15) is 0 Å². The van der Waals surface area contributed by atoms with Crippen molar-refractivity contribution in [3.8, 4) is 0 Å². The average molecular weight is 370 g/mol. The van der Waals surface area contributed by atoms with Crippen molar-refractivity contribution in [2.24, 2.45) is 0 Å². The number of nitrogens with one attached hydrogen (secondary N) is 1. The molecule has 2 aromatic rings. The summed E-state index contributed by atoms with van der Waals surface area (Å²) in [5.74, 6) is 0. The van der Waals surface area contributed by atoms with Gasteiger partial charge in [-0.15, -0.1) is 0 Å². The zero-order valence-corrected chi connectivity index (χ0v) is 13.2. The van der Waals surface area contributed by atoms with Gasteiger partial charge in [-0.05, 0) is 35.9 Å². The Bertz CT molecular complexity index is 514. The lowest BCUT2D eigenvalue weighted by Gasteiger charge is -2.20. The molecule has 1 heterocycles. The zero-order chi connectivity index (χ0) is 13.0. The standard InChI is InChI=1S/C14H14Br2N2/c1-2-18-14(10-4-3-7-17-9-10)12-6-5-11(15)8-13(12)16/h3-9,14,18H,2H2,1H3. The number of hydrogen-bond acceptors (Lipinski definition) is 2. The number of hydrogen-bond donors (Lipinski definition) is 1. The molecule has 4 heteroatoms. The Morgan fingerprint density at radius 2 is 2.11 bits per heavy atom. The molecule has 1 N–H and O–H groups in total. The van der Waals surface area contributed by atoms with Gasteiger partial charge >= 0.3 is 0 Å². The van der Waals surface area contributed by atoms with Crippen molar-refractivity contribution in [2.45, 2.75) is 13.0 Å². The molecule has 1 aromatic heterocycles. The topological polar surface area (TPSA) is 24.9 Å². The third kappa shape index (κ3) is 3.19. The van der Waals surface area contributed by atoms with E-state index in [-0.39, 0.29) is 6.04 Å². The predicted molar refractivity (Wildman–Crippen MR) is 81.6 cm³/mol. The first-order chi connectivity index (χ1) is 8.72. The molecule has 1 aromatic carbocycles. The van der Waals surface area contributed by atoms with Gasteiger partial charge in [0.25, 0.3) is 0 Å². The van der Waals surface area contributed by atoms with E-state index in [1.165, 1.54) is 11.1 Å². The van der Waals surface area contributed by atoms with Crippen molar-refractivity contribution in [3.05, 3.63) is 62.8 Å². The lowest BCUT2D eigenvalue weighted by Crippen LogP contribution is -2.22. The van der Waals surface area contributed by atoms with Crippen molar-refractivity contribution < 1.29 is 0 Å². The number of benzene rings is 1. The molecule has 1 atom stereocenters. The minimum absolute atomic E-state index is 0.158. The van der Waals surface area contributed by atoms with Gasteiger partial charge in [-0.3, -0.25) is 4.98 Å². The summed E-state index contributed by atoms with van der Waals surface area (Å²) in [6.45, 7) is 3.01. The fourth-order valence-corrected chi connectivity index (χ4v) is 3.17. The molecule has 0 saturated heterocycles. The molecule has 0 aliphatic carbocycles. The van der Waals surface area contributed by atoms with Gasteiger partial charge in [0.1, 0.15) is 0 Å². The quantitative estimate of drug-likeness (QED) is 0.868. The fraction of sp³-hybridized carbons (Fsp3) is 0.214. The van der Waals surface area contributed by atoms with Crippen LogP contribution in [0.25, 0.3) is 0 Å². The summed E-state index contributed by atoms with van der Waals surface area (Å²) in [4.78, 5) is 4.20. The molecule has 2 nitrogen and oxygen atoms in total. The van der Waals surface area contributed by atoms with E-state index >= 15 is 0 Å². The van der Waals surface area contributed by atoms with Crippen LogP contribution in [0.3, 0.4) is 0 Å². The van der Waals surface area contributed by atoms with Gasteiger partial charge in [0.15, 0.2) is 0 Å². The van der Waals surface area contributed by atoms with Gasteiger partial charge in [0.05, 0.1) is 6.04 Å². The summed E-state index contributed by atoms with van der Waals surface area (Å²) in [6, 6.07) is 10.5. The first kappa shape index (κ1) is 13.7. The zero-order valence-electron chi connectivity index (χ0n) is 10.0. The average Bonchev–Trinajstić information content (AvgIpc) is 2.38. The first-order valence-electron chi connectivity index (χ1n) is 5.80. The maximum absolute atomic E-state index is 4.20. The van der Waals surface area contributed by atoms with Crippen LogP contribution in [0.1, 0.15) is 24.1 Å². The highest BCUT2D eigenvalue weighted by Gasteiger charge is 2.15. The van der Waals surface area contributed by atoms with E-state index in [4.69, 9.17) is 0 Å². The highest BCUT2D eigenvalue weighted by molar-refractivity contribution is 9.11. The van der Waals surface area contributed by atoms with Gasteiger partial charge in [-0.1, -0.05) is 50.9 Å². The molecule has 18 heavy (non-hydrogen) atoms. The minimum atomic E-state index is 0.158. The second kappa shape index (κ2) is 6.45. The van der Waals surface area contributed by atoms with Crippen LogP contribution in [0.2, 0.25) is 0 Å². The second-order valence-electron chi connectivity index (χ2n) is 3.94. The maximum atomic E-state index is 4.20.